The van der Waals surface area contributed by atoms with Gasteiger partial charge in [0, 0.05) is 17.1 Å². The van der Waals surface area contributed by atoms with Crippen LogP contribution in [0.1, 0.15) is 30.1 Å². The number of hydrogen-bond acceptors (Lipinski definition) is 3. The van der Waals surface area contributed by atoms with Crippen molar-refractivity contribution in [2.45, 2.75) is 30.4 Å². The smallest absolute Gasteiger partial charge is 0.108 e. The van der Waals surface area contributed by atoms with Crippen molar-refractivity contribution in [2.24, 2.45) is 0 Å². The fourth-order valence-electron chi connectivity index (χ4n) is 2.29. The second-order valence-electron chi connectivity index (χ2n) is 4.13. The predicted octanol–water partition coefficient (Wildman–Crippen LogP) is 2.32. The molecule has 0 unspecified atom stereocenters. The molecular formula is C10H14BrN3S. The molecule has 82 valence electrons. The highest BCUT2D eigenvalue weighted by molar-refractivity contribution is 9.10. The molecule has 1 N–H and O–H groups in total. The van der Waals surface area contributed by atoms with Crippen LogP contribution >= 0.6 is 27.7 Å². The van der Waals surface area contributed by atoms with E-state index in [0.29, 0.717) is 6.04 Å². The minimum absolute atomic E-state index is 0.594. The molecule has 2 aliphatic heterocycles. The molecule has 3 nitrogen and oxygen atoms in total. The molecule has 2 aliphatic rings. The molecule has 0 spiro atoms. The lowest BCUT2D eigenvalue weighted by Crippen LogP contribution is -2.30. The Labute approximate surface area is 102 Å². The van der Waals surface area contributed by atoms with E-state index in [1.54, 1.807) is 0 Å². The first-order chi connectivity index (χ1) is 7.36. The summed E-state index contributed by atoms with van der Waals surface area (Å²) in [5, 5.41) is 8.13. The lowest BCUT2D eigenvalue weighted by atomic mass is 10.1. The topological polar surface area (TPSA) is 29.9 Å². The van der Waals surface area contributed by atoms with Crippen molar-refractivity contribution in [1.82, 2.24) is 15.1 Å². The summed E-state index contributed by atoms with van der Waals surface area (Å²) in [7, 11) is 0. The Kier molecular flexibility index (Phi) is 2.79. The molecule has 0 aromatic carbocycles. The molecule has 0 atom stereocenters. The van der Waals surface area contributed by atoms with Crippen LogP contribution in [0.4, 0.5) is 0 Å². The summed E-state index contributed by atoms with van der Waals surface area (Å²) in [4.78, 5) is 0. The summed E-state index contributed by atoms with van der Waals surface area (Å²) in [5.41, 5.74) is 2.73. The van der Waals surface area contributed by atoms with Crippen LogP contribution in [-0.4, -0.2) is 22.9 Å². The molecule has 1 aromatic heterocycles. The van der Waals surface area contributed by atoms with E-state index in [2.05, 4.69) is 25.9 Å². The number of rotatable bonds is 1. The second-order valence-corrected chi connectivity index (χ2v) is 5.87. The van der Waals surface area contributed by atoms with Crippen LogP contribution in [0, 0.1) is 0 Å². The molecule has 1 saturated heterocycles. The van der Waals surface area contributed by atoms with E-state index in [1.807, 2.05) is 11.8 Å². The van der Waals surface area contributed by atoms with Crippen molar-refractivity contribution in [3.8, 4) is 0 Å². The quantitative estimate of drug-likeness (QED) is 0.860. The molecule has 0 saturated carbocycles. The standard InChI is InChI=1S/C10H14BrN3S/c11-10-8-5-15-6-9(8)13-14(10)7-1-3-12-4-2-7/h7,12H,1-6H2. The van der Waals surface area contributed by atoms with Gasteiger partial charge in [-0.25, -0.2) is 0 Å². The molecule has 5 heteroatoms. The molecule has 1 aromatic rings. The maximum absolute atomic E-state index is 4.74. The number of thioether (sulfide) groups is 1. The Morgan fingerprint density at radius 1 is 1.33 bits per heavy atom. The summed E-state index contributed by atoms with van der Waals surface area (Å²) in [6.45, 7) is 2.24. The van der Waals surface area contributed by atoms with Crippen molar-refractivity contribution in [3.05, 3.63) is 15.9 Å². The van der Waals surface area contributed by atoms with Gasteiger partial charge in [-0.15, -0.1) is 0 Å². The molecule has 0 bridgehead atoms. The van der Waals surface area contributed by atoms with E-state index < -0.39 is 0 Å². The lowest BCUT2D eigenvalue weighted by molar-refractivity contribution is 0.337. The van der Waals surface area contributed by atoms with Gasteiger partial charge in [-0.05, 0) is 41.9 Å². The highest BCUT2D eigenvalue weighted by Gasteiger charge is 2.25. The van der Waals surface area contributed by atoms with E-state index in [0.717, 1.165) is 24.6 Å². The van der Waals surface area contributed by atoms with Gasteiger partial charge in [-0.2, -0.15) is 16.9 Å². The number of halogens is 1. The SMILES string of the molecule is Brc1c2c(nn1C1CCNCC1)CSC2. The zero-order valence-corrected chi connectivity index (χ0v) is 10.9. The first-order valence-electron chi connectivity index (χ1n) is 5.40. The summed E-state index contributed by atoms with van der Waals surface area (Å²) < 4.78 is 3.44. The zero-order valence-electron chi connectivity index (χ0n) is 8.50. The third-order valence-corrected chi connectivity index (χ3v) is 4.98. The number of nitrogens with zero attached hydrogens (tertiary/aromatic N) is 2. The van der Waals surface area contributed by atoms with Crippen molar-refractivity contribution >= 4 is 27.7 Å². The van der Waals surface area contributed by atoms with Gasteiger partial charge in [0.25, 0.3) is 0 Å². The van der Waals surface area contributed by atoms with E-state index in [4.69, 9.17) is 5.10 Å². The molecule has 1 fully saturated rings. The third-order valence-electron chi connectivity index (χ3n) is 3.17. The maximum atomic E-state index is 4.74. The van der Waals surface area contributed by atoms with Gasteiger partial charge in [-0.3, -0.25) is 4.68 Å². The van der Waals surface area contributed by atoms with Gasteiger partial charge in [0.15, 0.2) is 0 Å². The third kappa shape index (κ3) is 1.74. The fraction of sp³-hybridized carbons (Fsp3) is 0.700. The van der Waals surface area contributed by atoms with Gasteiger partial charge in [0.05, 0.1) is 11.7 Å². The van der Waals surface area contributed by atoms with E-state index in [-0.39, 0.29) is 0 Å². The number of piperidine rings is 1. The summed E-state index contributed by atoms with van der Waals surface area (Å²) >= 11 is 5.67. The summed E-state index contributed by atoms with van der Waals surface area (Å²) in [5.74, 6) is 2.22. The first kappa shape index (κ1) is 10.2. The van der Waals surface area contributed by atoms with Crippen molar-refractivity contribution in [3.63, 3.8) is 0 Å². The Morgan fingerprint density at radius 3 is 2.87 bits per heavy atom. The number of hydrogen-bond donors (Lipinski definition) is 1. The van der Waals surface area contributed by atoms with Crippen LogP contribution in [0.15, 0.2) is 4.60 Å². The lowest BCUT2D eigenvalue weighted by Gasteiger charge is -2.23. The number of aromatic nitrogens is 2. The maximum Gasteiger partial charge on any atom is 0.108 e. The number of fused-ring (bicyclic) bond motifs is 1. The molecule has 15 heavy (non-hydrogen) atoms. The van der Waals surface area contributed by atoms with E-state index in [9.17, 15) is 0 Å². The highest BCUT2D eigenvalue weighted by atomic mass is 79.9. The summed E-state index contributed by atoms with van der Waals surface area (Å²) in [6, 6.07) is 0.594. The molecule has 0 radical (unpaired) electrons. The fourth-order valence-corrected chi connectivity index (χ4v) is 4.25. The first-order valence-corrected chi connectivity index (χ1v) is 7.35. The van der Waals surface area contributed by atoms with Gasteiger partial charge >= 0.3 is 0 Å². The predicted molar refractivity (Wildman–Crippen MR) is 66.1 cm³/mol. The van der Waals surface area contributed by atoms with Crippen LogP contribution in [-0.2, 0) is 11.5 Å². The second kappa shape index (κ2) is 4.11. The Balaban J connectivity index is 1.91. The summed E-state index contributed by atoms with van der Waals surface area (Å²) in [6.07, 6.45) is 2.40. The van der Waals surface area contributed by atoms with Crippen LogP contribution in [0.5, 0.6) is 0 Å². The van der Waals surface area contributed by atoms with Crippen LogP contribution in [0.25, 0.3) is 0 Å². The Bertz CT molecular complexity index is 371. The van der Waals surface area contributed by atoms with Crippen LogP contribution in [0.2, 0.25) is 0 Å². The van der Waals surface area contributed by atoms with Crippen LogP contribution < -0.4 is 5.32 Å². The molecule has 3 heterocycles. The zero-order chi connectivity index (χ0) is 10.3. The van der Waals surface area contributed by atoms with Gasteiger partial charge in [0.2, 0.25) is 0 Å². The average molecular weight is 288 g/mol. The largest absolute Gasteiger partial charge is 0.317 e. The van der Waals surface area contributed by atoms with Crippen LogP contribution in [0.3, 0.4) is 0 Å². The molecular weight excluding hydrogens is 274 g/mol. The average Bonchev–Trinajstić information content (AvgIpc) is 2.83. The van der Waals surface area contributed by atoms with Crippen molar-refractivity contribution < 1.29 is 0 Å². The number of nitrogens with one attached hydrogen (secondary N) is 1. The Morgan fingerprint density at radius 2 is 2.13 bits per heavy atom. The van der Waals surface area contributed by atoms with Gasteiger partial charge in [0.1, 0.15) is 4.60 Å². The monoisotopic (exact) mass is 287 g/mol. The van der Waals surface area contributed by atoms with E-state index >= 15 is 0 Å². The molecule has 0 amide bonds. The normalized spacial score (nSPS) is 21.9. The molecule has 3 rings (SSSR count). The highest BCUT2D eigenvalue weighted by Crippen LogP contribution is 2.36. The van der Waals surface area contributed by atoms with Gasteiger partial charge in [-0.1, -0.05) is 0 Å². The van der Waals surface area contributed by atoms with Gasteiger partial charge < -0.3 is 5.32 Å². The Hall–Kier alpha value is -0.0000000000000000555. The molecule has 0 aliphatic carbocycles. The minimum Gasteiger partial charge on any atom is -0.317 e. The van der Waals surface area contributed by atoms with E-state index in [1.165, 1.54) is 28.7 Å². The minimum atomic E-state index is 0.594. The van der Waals surface area contributed by atoms with Crippen molar-refractivity contribution in [2.75, 3.05) is 13.1 Å². The van der Waals surface area contributed by atoms with Crippen molar-refractivity contribution in [1.29, 1.82) is 0 Å².